The third-order valence-corrected chi connectivity index (χ3v) is 2.00. The molecule has 0 aliphatic rings. The number of likely N-dealkylation sites (N-methyl/N-ethyl adjacent to an activating group) is 2. The average molecular weight is 244 g/mol. The molecule has 98 valence electrons. The molecule has 17 heavy (non-hydrogen) atoms. The molecule has 1 amide bonds. The molecule has 0 spiro atoms. The van der Waals surface area contributed by atoms with Crippen LogP contribution in [0.4, 0.5) is 0 Å². The van der Waals surface area contributed by atoms with E-state index in [1.54, 1.807) is 25.9 Å². The van der Waals surface area contributed by atoms with E-state index in [2.05, 4.69) is 15.3 Å². The van der Waals surface area contributed by atoms with E-state index in [1.165, 1.54) is 12.7 Å². The molecule has 1 unspecified atom stereocenters. The molecule has 0 bridgehead atoms. The highest BCUT2D eigenvalue weighted by Gasteiger charge is 2.02. The van der Waals surface area contributed by atoms with Gasteiger partial charge in [0.05, 0.1) is 0 Å². The van der Waals surface area contributed by atoms with Crippen LogP contribution in [0.1, 0.15) is 6.92 Å². The van der Waals surface area contributed by atoms with Gasteiger partial charge in [0, 0.05) is 13.6 Å². The topological polar surface area (TPSA) is 86.5 Å². The molecule has 0 aliphatic heterocycles. The molecular formula is C10H20N4O3. The van der Waals surface area contributed by atoms with Crippen LogP contribution in [-0.4, -0.2) is 68.7 Å². The van der Waals surface area contributed by atoms with Gasteiger partial charge in [-0.3, -0.25) is 14.7 Å². The smallest absolute Gasteiger partial charge is 0.241 e. The van der Waals surface area contributed by atoms with Crippen molar-refractivity contribution in [3.8, 4) is 0 Å². The number of aliphatic imine (C=N–C) groups is 2. The minimum absolute atomic E-state index is 0.0542. The van der Waals surface area contributed by atoms with Gasteiger partial charge in [0.25, 0.3) is 0 Å². The number of aliphatic hydroxyl groups excluding tert-OH is 1. The fourth-order valence-corrected chi connectivity index (χ4v) is 0.756. The lowest BCUT2D eigenvalue weighted by Gasteiger charge is -2.18. The average Bonchev–Trinajstić information content (AvgIpc) is 2.31. The monoisotopic (exact) mass is 244 g/mol. The standard InChI is InChI=1S/C10H20N4O3/c1-9(15)14(3)4-5-17-8-13-7-12-6-10(16)11-2/h7-9,15H,4-6H2,1-3H3,(H,11,16). The number of nitrogens with zero attached hydrogens (tertiary/aromatic N) is 3. The number of ether oxygens (including phenoxy) is 1. The first kappa shape index (κ1) is 15.5. The molecule has 0 saturated carbocycles. The van der Waals surface area contributed by atoms with Gasteiger partial charge in [-0.05, 0) is 14.0 Å². The summed E-state index contributed by atoms with van der Waals surface area (Å²) in [6.45, 7) is 2.76. The van der Waals surface area contributed by atoms with Gasteiger partial charge in [-0.25, -0.2) is 4.99 Å². The minimum atomic E-state index is -0.496. The number of carbonyl (C=O) groups excluding carboxylic acids is 1. The van der Waals surface area contributed by atoms with E-state index in [0.717, 1.165) is 0 Å². The van der Waals surface area contributed by atoms with Crippen molar-refractivity contribution in [2.75, 3.05) is 33.8 Å². The lowest BCUT2D eigenvalue weighted by Crippen LogP contribution is -2.31. The largest absolute Gasteiger partial charge is 0.482 e. The molecule has 0 saturated heterocycles. The highest BCUT2D eigenvalue weighted by molar-refractivity contribution is 5.79. The Morgan fingerprint density at radius 3 is 2.94 bits per heavy atom. The van der Waals surface area contributed by atoms with Crippen LogP contribution < -0.4 is 5.32 Å². The summed E-state index contributed by atoms with van der Waals surface area (Å²) in [5.41, 5.74) is 0. The lowest BCUT2D eigenvalue weighted by atomic mass is 10.5. The van der Waals surface area contributed by atoms with E-state index in [-0.39, 0.29) is 12.5 Å². The number of nitrogens with one attached hydrogen (secondary N) is 1. The number of hydrogen-bond acceptors (Lipinski definition) is 5. The van der Waals surface area contributed by atoms with Crippen molar-refractivity contribution in [3.63, 3.8) is 0 Å². The second kappa shape index (κ2) is 9.73. The third kappa shape index (κ3) is 9.46. The van der Waals surface area contributed by atoms with E-state index < -0.39 is 6.23 Å². The van der Waals surface area contributed by atoms with Crippen LogP contribution in [-0.2, 0) is 9.53 Å². The van der Waals surface area contributed by atoms with Crippen LogP contribution >= 0.6 is 0 Å². The highest BCUT2D eigenvalue weighted by Crippen LogP contribution is 1.88. The van der Waals surface area contributed by atoms with Gasteiger partial charge in [-0.2, -0.15) is 0 Å². The Kier molecular flexibility index (Phi) is 8.89. The maximum atomic E-state index is 10.7. The van der Waals surface area contributed by atoms with Gasteiger partial charge in [-0.15, -0.1) is 0 Å². The molecule has 7 nitrogen and oxygen atoms in total. The third-order valence-electron chi connectivity index (χ3n) is 2.00. The molecular weight excluding hydrogens is 224 g/mol. The Hall–Kier alpha value is -1.47. The van der Waals surface area contributed by atoms with Crippen LogP contribution in [0.3, 0.4) is 0 Å². The second-order valence-corrected chi connectivity index (χ2v) is 3.37. The molecule has 0 aromatic carbocycles. The number of hydrogen-bond donors (Lipinski definition) is 2. The van der Waals surface area contributed by atoms with Gasteiger partial charge < -0.3 is 15.2 Å². The van der Waals surface area contributed by atoms with E-state index in [1.807, 2.05) is 0 Å². The van der Waals surface area contributed by atoms with Gasteiger partial charge in [0.1, 0.15) is 25.7 Å². The Morgan fingerprint density at radius 2 is 2.35 bits per heavy atom. The Labute approximate surface area is 101 Å². The van der Waals surface area contributed by atoms with Crippen LogP contribution in [0.5, 0.6) is 0 Å². The predicted molar refractivity (Wildman–Crippen MR) is 66.2 cm³/mol. The summed E-state index contributed by atoms with van der Waals surface area (Å²) < 4.78 is 5.05. The van der Waals surface area contributed by atoms with Crippen molar-refractivity contribution in [1.82, 2.24) is 10.2 Å². The SMILES string of the molecule is CNC(=O)CN=CN=COCCN(C)C(C)O. The summed E-state index contributed by atoms with van der Waals surface area (Å²) in [5, 5.41) is 11.6. The number of amides is 1. The highest BCUT2D eigenvalue weighted by atomic mass is 16.5. The molecule has 0 rings (SSSR count). The number of carbonyl (C=O) groups is 1. The van der Waals surface area contributed by atoms with E-state index >= 15 is 0 Å². The molecule has 0 radical (unpaired) electrons. The van der Waals surface area contributed by atoms with E-state index in [0.29, 0.717) is 13.2 Å². The quantitative estimate of drug-likeness (QED) is 0.250. The Balaban J connectivity index is 3.52. The van der Waals surface area contributed by atoms with Crippen molar-refractivity contribution < 1.29 is 14.6 Å². The maximum Gasteiger partial charge on any atom is 0.241 e. The van der Waals surface area contributed by atoms with Gasteiger partial charge in [-0.1, -0.05) is 0 Å². The lowest BCUT2D eigenvalue weighted by molar-refractivity contribution is -0.119. The van der Waals surface area contributed by atoms with Crippen molar-refractivity contribution in [3.05, 3.63) is 0 Å². The van der Waals surface area contributed by atoms with Crippen molar-refractivity contribution >= 4 is 18.6 Å². The summed E-state index contributed by atoms with van der Waals surface area (Å²) in [4.78, 5) is 19.9. The van der Waals surface area contributed by atoms with Crippen molar-refractivity contribution in [2.45, 2.75) is 13.2 Å². The second-order valence-electron chi connectivity index (χ2n) is 3.37. The van der Waals surface area contributed by atoms with Crippen LogP contribution in [0, 0.1) is 0 Å². The van der Waals surface area contributed by atoms with Crippen molar-refractivity contribution in [1.29, 1.82) is 0 Å². The summed E-state index contributed by atoms with van der Waals surface area (Å²) in [7, 11) is 3.33. The molecule has 0 heterocycles. The molecule has 2 N–H and O–H groups in total. The van der Waals surface area contributed by atoms with E-state index in [9.17, 15) is 4.79 Å². The predicted octanol–water partition coefficient (Wildman–Crippen LogP) is -0.924. The number of aliphatic hydroxyl groups is 1. The molecule has 1 atom stereocenters. The van der Waals surface area contributed by atoms with Crippen LogP contribution in [0.25, 0.3) is 0 Å². The first-order valence-corrected chi connectivity index (χ1v) is 5.28. The fraction of sp³-hybridized carbons (Fsp3) is 0.700. The zero-order valence-electron chi connectivity index (χ0n) is 10.5. The first-order chi connectivity index (χ1) is 8.07. The van der Waals surface area contributed by atoms with Crippen LogP contribution in [0.15, 0.2) is 9.98 Å². The molecule has 0 fully saturated rings. The van der Waals surface area contributed by atoms with Gasteiger partial charge in [0.2, 0.25) is 5.91 Å². The maximum absolute atomic E-state index is 10.7. The van der Waals surface area contributed by atoms with Crippen molar-refractivity contribution in [2.24, 2.45) is 9.98 Å². The first-order valence-electron chi connectivity index (χ1n) is 5.28. The van der Waals surface area contributed by atoms with Gasteiger partial charge in [0.15, 0.2) is 6.40 Å². The Bertz CT molecular complexity index is 266. The molecule has 0 aromatic rings. The summed E-state index contributed by atoms with van der Waals surface area (Å²) >= 11 is 0. The van der Waals surface area contributed by atoms with Crippen LogP contribution in [0.2, 0.25) is 0 Å². The number of rotatable bonds is 8. The van der Waals surface area contributed by atoms with E-state index in [4.69, 9.17) is 9.84 Å². The summed E-state index contributed by atoms with van der Waals surface area (Å²) in [5.74, 6) is -0.170. The molecule has 0 aromatic heterocycles. The molecule has 7 heteroatoms. The fourth-order valence-electron chi connectivity index (χ4n) is 0.756. The Morgan fingerprint density at radius 1 is 1.65 bits per heavy atom. The zero-order valence-corrected chi connectivity index (χ0v) is 10.5. The molecule has 0 aliphatic carbocycles. The minimum Gasteiger partial charge on any atom is -0.482 e. The normalized spacial score (nSPS) is 13.5. The zero-order chi connectivity index (χ0) is 13.1. The summed E-state index contributed by atoms with van der Waals surface area (Å²) in [6.07, 6.45) is 2.02. The van der Waals surface area contributed by atoms with Gasteiger partial charge >= 0.3 is 0 Å². The summed E-state index contributed by atoms with van der Waals surface area (Å²) in [6, 6.07) is 0.